The Morgan fingerprint density at radius 3 is 2.87 bits per heavy atom. The zero-order valence-electron chi connectivity index (χ0n) is 14.5. The lowest BCUT2D eigenvalue weighted by atomic mass is 9.84. The summed E-state index contributed by atoms with van der Waals surface area (Å²) in [5, 5.41) is 3.18. The zero-order chi connectivity index (χ0) is 16.2. The molecule has 1 unspecified atom stereocenters. The van der Waals surface area contributed by atoms with E-state index < -0.39 is 0 Å². The number of nitrogens with one attached hydrogen (secondary N) is 1. The number of likely N-dealkylation sites (tertiary alicyclic amines) is 1. The van der Waals surface area contributed by atoms with E-state index in [1.54, 1.807) is 0 Å². The summed E-state index contributed by atoms with van der Waals surface area (Å²) in [7, 11) is 0. The minimum Gasteiger partial charge on any atom is -0.356 e. The first-order chi connectivity index (χ1) is 11.1. The molecule has 1 amide bonds. The average Bonchev–Trinajstić information content (AvgIpc) is 2.92. The van der Waals surface area contributed by atoms with Crippen LogP contribution in [0.5, 0.6) is 0 Å². The quantitative estimate of drug-likeness (QED) is 0.877. The predicted octanol–water partition coefficient (Wildman–Crippen LogP) is 2.59. The number of nitrogens with zero attached hydrogens (tertiary/aromatic N) is 3. The van der Waals surface area contributed by atoms with Crippen LogP contribution in [0.25, 0.3) is 0 Å². The van der Waals surface area contributed by atoms with Crippen LogP contribution in [0.1, 0.15) is 57.8 Å². The molecule has 2 heterocycles. The Hall–Kier alpha value is -1.36. The Morgan fingerprint density at radius 2 is 2.17 bits per heavy atom. The van der Waals surface area contributed by atoms with Gasteiger partial charge in [-0.25, -0.2) is 4.98 Å². The van der Waals surface area contributed by atoms with Gasteiger partial charge in [0.1, 0.15) is 5.82 Å². The van der Waals surface area contributed by atoms with E-state index in [1.165, 1.54) is 19.3 Å². The number of piperidine rings is 1. The standard InChI is InChI=1S/C18H30N4O/c1-14(2)22-10-8-19-17(22)13-21-9-4-5-15(12-21)11-20-18(23)16-6-3-7-16/h8,10,14-16H,3-7,9,11-13H2,1-2H3,(H,20,23). The number of carbonyl (C=O) groups is 1. The Kier molecular flexibility index (Phi) is 5.36. The molecule has 2 fully saturated rings. The summed E-state index contributed by atoms with van der Waals surface area (Å²) in [5.74, 6) is 2.31. The number of aromatic nitrogens is 2. The van der Waals surface area contributed by atoms with Gasteiger partial charge in [0.05, 0.1) is 6.54 Å². The Bertz CT molecular complexity index is 521. The van der Waals surface area contributed by atoms with Crippen LogP contribution in [0.4, 0.5) is 0 Å². The monoisotopic (exact) mass is 318 g/mol. The highest BCUT2D eigenvalue weighted by Gasteiger charge is 2.27. The number of imidazole rings is 1. The van der Waals surface area contributed by atoms with Crippen molar-refractivity contribution in [1.29, 1.82) is 0 Å². The predicted molar refractivity (Wildman–Crippen MR) is 91.0 cm³/mol. The molecular weight excluding hydrogens is 288 g/mol. The van der Waals surface area contributed by atoms with E-state index in [-0.39, 0.29) is 5.91 Å². The fourth-order valence-corrected chi connectivity index (χ4v) is 3.66. The van der Waals surface area contributed by atoms with Gasteiger partial charge in [-0.15, -0.1) is 0 Å². The first-order valence-electron chi connectivity index (χ1n) is 9.15. The van der Waals surface area contributed by atoms with Gasteiger partial charge in [0.15, 0.2) is 0 Å². The molecule has 0 radical (unpaired) electrons. The maximum absolute atomic E-state index is 12.0. The van der Waals surface area contributed by atoms with Gasteiger partial charge < -0.3 is 9.88 Å². The second-order valence-electron chi connectivity index (χ2n) is 7.46. The fraction of sp³-hybridized carbons (Fsp3) is 0.778. The van der Waals surface area contributed by atoms with Gasteiger partial charge in [0.2, 0.25) is 5.91 Å². The number of hydrogen-bond donors (Lipinski definition) is 1. The molecule has 1 saturated heterocycles. The maximum Gasteiger partial charge on any atom is 0.223 e. The summed E-state index contributed by atoms with van der Waals surface area (Å²) < 4.78 is 2.25. The smallest absolute Gasteiger partial charge is 0.223 e. The van der Waals surface area contributed by atoms with Crippen LogP contribution in [0.3, 0.4) is 0 Å². The van der Waals surface area contributed by atoms with Crippen molar-refractivity contribution in [2.75, 3.05) is 19.6 Å². The third-order valence-corrected chi connectivity index (χ3v) is 5.31. The van der Waals surface area contributed by atoms with Crippen molar-refractivity contribution in [1.82, 2.24) is 19.8 Å². The summed E-state index contributed by atoms with van der Waals surface area (Å²) in [6, 6.07) is 0.454. The van der Waals surface area contributed by atoms with Crippen molar-refractivity contribution in [2.45, 2.75) is 58.5 Å². The van der Waals surface area contributed by atoms with E-state index in [0.717, 1.165) is 44.8 Å². The Morgan fingerprint density at radius 1 is 1.35 bits per heavy atom. The van der Waals surface area contributed by atoms with Crippen molar-refractivity contribution < 1.29 is 4.79 Å². The van der Waals surface area contributed by atoms with Gasteiger partial charge in [-0.1, -0.05) is 6.42 Å². The summed E-state index contributed by atoms with van der Waals surface area (Å²) in [4.78, 5) is 19.0. The normalized spacial score (nSPS) is 23.0. The molecule has 0 spiro atoms. The van der Waals surface area contributed by atoms with Crippen LogP contribution in [0.2, 0.25) is 0 Å². The van der Waals surface area contributed by atoms with Gasteiger partial charge >= 0.3 is 0 Å². The number of carbonyl (C=O) groups excluding carboxylic acids is 1. The summed E-state index contributed by atoms with van der Waals surface area (Å²) in [6.07, 6.45) is 9.79. The third kappa shape index (κ3) is 4.14. The molecule has 23 heavy (non-hydrogen) atoms. The van der Waals surface area contributed by atoms with Crippen LogP contribution < -0.4 is 5.32 Å². The first-order valence-corrected chi connectivity index (χ1v) is 9.15. The lowest BCUT2D eigenvalue weighted by molar-refractivity contribution is -0.127. The summed E-state index contributed by atoms with van der Waals surface area (Å²) >= 11 is 0. The van der Waals surface area contributed by atoms with E-state index in [4.69, 9.17) is 0 Å². The minimum atomic E-state index is 0.281. The highest BCUT2D eigenvalue weighted by Crippen LogP contribution is 2.26. The molecular formula is C18H30N4O. The second kappa shape index (κ2) is 7.47. The van der Waals surface area contributed by atoms with Gasteiger partial charge in [0.25, 0.3) is 0 Å². The molecule has 5 nitrogen and oxygen atoms in total. The molecule has 128 valence electrons. The molecule has 1 saturated carbocycles. The van der Waals surface area contributed by atoms with E-state index in [1.807, 2.05) is 6.20 Å². The fourth-order valence-electron chi connectivity index (χ4n) is 3.66. The highest BCUT2D eigenvalue weighted by molar-refractivity contribution is 5.79. The van der Waals surface area contributed by atoms with Gasteiger partial charge in [-0.2, -0.15) is 0 Å². The SMILES string of the molecule is CC(C)n1ccnc1CN1CCCC(CNC(=O)C2CCC2)C1. The van der Waals surface area contributed by atoms with Gasteiger partial charge in [-0.3, -0.25) is 9.69 Å². The van der Waals surface area contributed by atoms with Gasteiger partial charge in [-0.05, 0) is 52.0 Å². The molecule has 1 aliphatic heterocycles. The molecule has 3 rings (SSSR count). The summed E-state index contributed by atoms with van der Waals surface area (Å²) in [6.45, 7) is 8.34. The van der Waals surface area contributed by atoms with Crippen LogP contribution >= 0.6 is 0 Å². The molecule has 1 aliphatic carbocycles. The minimum absolute atomic E-state index is 0.281. The molecule has 1 aromatic rings. The van der Waals surface area contributed by atoms with Crippen LogP contribution in [-0.4, -0.2) is 40.0 Å². The lowest BCUT2D eigenvalue weighted by Gasteiger charge is -2.33. The first kappa shape index (κ1) is 16.5. The van der Waals surface area contributed by atoms with E-state index in [0.29, 0.717) is 17.9 Å². The van der Waals surface area contributed by atoms with Crippen LogP contribution in [0, 0.1) is 11.8 Å². The van der Waals surface area contributed by atoms with Crippen molar-refractivity contribution in [2.24, 2.45) is 11.8 Å². The molecule has 0 bridgehead atoms. The Balaban J connectivity index is 1.47. The van der Waals surface area contributed by atoms with Gasteiger partial charge in [0, 0.05) is 37.4 Å². The highest BCUT2D eigenvalue weighted by atomic mass is 16.1. The maximum atomic E-state index is 12.0. The van der Waals surface area contributed by atoms with E-state index >= 15 is 0 Å². The second-order valence-corrected chi connectivity index (χ2v) is 7.46. The number of amides is 1. The van der Waals surface area contributed by atoms with Crippen LogP contribution in [-0.2, 0) is 11.3 Å². The molecule has 5 heteroatoms. The lowest BCUT2D eigenvalue weighted by Crippen LogP contribution is -2.43. The third-order valence-electron chi connectivity index (χ3n) is 5.31. The molecule has 1 N–H and O–H groups in total. The summed E-state index contributed by atoms with van der Waals surface area (Å²) in [5.41, 5.74) is 0. The molecule has 1 atom stereocenters. The zero-order valence-corrected chi connectivity index (χ0v) is 14.5. The molecule has 1 aromatic heterocycles. The van der Waals surface area contributed by atoms with Crippen molar-refractivity contribution in [3.8, 4) is 0 Å². The largest absolute Gasteiger partial charge is 0.356 e. The molecule has 0 aromatic carbocycles. The van der Waals surface area contributed by atoms with Crippen molar-refractivity contribution in [3.63, 3.8) is 0 Å². The van der Waals surface area contributed by atoms with E-state index in [2.05, 4.69) is 39.8 Å². The Labute approximate surface area is 139 Å². The van der Waals surface area contributed by atoms with Crippen molar-refractivity contribution >= 4 is 5.91 Å². The van der Waals surface area contributed by atoms with Crippen molar-refractivity contribution in [3.05, 3.63) is 18.2 Å². The number of hydrogen-bond acceptors (Lipinski definition) is 3. The number of rotatable bonds is 6. The molecule has 2 aliphatic rings. The van der Waals surface area contributed by atoms with E-state index in [9.17, 15) is 4.79 Å². The topological polar surface area (TPSA) is 50.2 Å². The van der Waals surface area contributed by atoms with Crippen LogP contribution in [0.15, 0.2) is 12.4 Å². The average molecular weight is 318 g/mol.